The predicted octanol–water partition coefficient (Wildman–Crippen LogP) is 1.20. The van der Waals surface area contributed by atoms with Gasteiger partial charge in [-0.3, -0.25) is 0 Å². The molecule has 7 heteroatoms. The number of carboxylic acid groups (broad SMARTS) is 1. The van der Waals surface area contributed by atoms with Crippen molar-refractivity contribution in [1.29, 1.82) is 0 Å². The Hall–Kier alpha value is -1.67. The van der Waals surface area contributed by atoms with Crippen molar-refractivity contribution in [2.45, 2.75) is 69.9 Å². The lowest BCUT2D eigenvalue weighted by molar-refractivity contribution is -0.271. The molecule has 5 atom stereocenters. The highest BCUT2D eigenvalue weighted by molar-refractivity contribution is 5.73. The first-order valence-electron chi connectivity index (χ1n) is 15.2. The lowest BCUT2D eigenvalue weighted by atomic mass is 9.93. The summed E-state index contributed by atoms with van der Waals surface area (Å²) in [5, 5.41) is 40.0. The number of aliphatic hydroxyl groups is 3. The molecule has 1 aromatic rings. The number of benzene rings is 1. The Bertz CT molecular complexity index is 1110. The molecule has 0 radical (unpaired) electrons. The first kappa shape index (κ1) is 6.81. The largest absolute Gasteiger partial charge is 0.479 e. The molecular weight excluding hydrogens is 328 g/mol. The number of carboxylic acids is 1. The van der Waals surface area contributed by atoms with Gasteiger partial charge in [-0.25, -0.2) is 4.79 Å². The van der Waals surface area contributed by atoms with E-state index in [0.717, 1.165) is 0 Å². The SMILES string of the molecule is [2H]c1c([2H])c(C([2H])(C([2H])([2H])[2H])C([2H])([2H])[2H])c(O[C@H]2O[C@@H](C(=O)O)[C@H](O)[C@@H](O)[C@@H]2O)c(C([2H])(C([2H])([2H])[2H])C([2H])([2H])[2H])c1[2H]. The molecule has 0 unspecified atom stereocenters. The van der Waals surface area contributed by atoms with E-state index in [9.17, 15) is 25.2 Å². The lowest BCUT2D eigenvalue weighted by Gasteiger charge is -2.39. The second-order valence-electron chi connectivity index (χ2n) is 5.06. The zero-order chi connectivity index (χ0) is 33.3. The normalized spacial score (nSPS) is 42.7. The van der Waals surface area contributed by atoms with Gasteiger partial charge >= 0.3 is 5.97 Å². The van der Waals surface area contributed by atoms with E-state index >= 15 is 0 Å². The van der Waals surface area contributed by atoms with Crippen LogP contribution in [0.1, 0.15) is 73.6 Å². The van der Waals surface area contributed by atoms with Gasteiger partial charge in [0.2, 0.25) is 6.29 Å². The van der Waals surface area contributed by atoms with E-state index < -0.39 is 111 Å². The third-order valence-electron chi connectivity index (χ3n) is 3.38. The number of para-hydroxylation sites is 1. The molecule has 0 bridgehead atoms. The fourth-order valence-electron chi connectivity index (χ4n) is 2.13. The summed E-state index contributed by atoms with van der Waals surface area (Å²) in [6.45, 7) is -16.1. The van der Waals surface area contributed by atoms with Crippen molar-refractivity contribution in [2.24, 2.45) is 0 Å². The Morgan fingerprint density at radius 1 is 1.16 bits per heavy atom. The number of aliphatic carboxylic acids is 1. The third-order valence-corrected chi connectivity index (χ3v) is 3.38. The van der Waals surface area contributed by atoms with Crippen LogP contribution in [0.3, 0.4) is 0 Å². The van der Waals surface area contributed by atoms with E-state index in [1.165, 1.54) is 0 Å². The molecule has 4 N–H and O–H groups in total. The van der Waals surface area contributed by atoms with Crippen molar-refractivity contribution in [3.63, 3.8) is 0 Å². The van der Waals surface area contributed by atoms with Crippen LogP contribution >= 0.6 is 0 Å². The van der Waals surface area contributed by atoms with Gasteiger partial charge in [-0.1, -0.05) is 45.5 Å². The van der Waals surface area contributed by atoms with Gasteiger partial charge in [-0.05, 0) is 22.9 Å². The second kappa shape index (κ2) is 7.70. The fourth-order valence-corrected chi connectivity index (χ4v) is 2.13. The Morgan fingerprint density at radius 2 is 1.72 bits per heavy atom. The molecule has 1 aliphatic heterocycles. The minimum absolute atomic E-state index is 1.51. The van der Waals surface area contributed by atoms with Crippen molar-refractivity contribution in [1.82, 2.24) is 0 Å². The molecule has 1 aliphatic rings. The van der Waals surface area contributed by atoms with Gasteiger partial charge in [-0.2, -0.15) is 0 Å². The summed E-state index contributed by atoms with van der Waals surface area (Å²) in [6, 6.07) is -4.65. The molecule has 0 aliphatic carbocycles. The minimum Gasteiger partial charge on any atom is -0.479 e. The highest BCUT2D eigenvalue weighted by Gasteiger charge is 2.48. The van der Waals surface area contributed by atoms with E-state index in [0.29, 0.717) is 0 Å². The van der Waals surface area contributed by atoms with Crippen LogP contribution in [-0.4, -0.2) is 57.1 Å². The molecule has 0 amide bonds. The van der Waals surface area contributed by atoms with E-state index in [4.69, 9.17) is 32.8 Å². The third kappa shape index (κ3) is 3.95. The van der Waals surface area contributed by atoms with E-state index in [1.807, 2.05) is 0 Å². The molecule has 1 saturated heterocycles. The van der Waals surface area contributed by atoms with Crippen molar-refractivity contribution in [3.05, 3.63) is 29.3 Å². The maximum atomic E-state index is 11.6. The molecule has 25 heavy (non-hydrogen) atoms. The molecule has 140 valence electrons. The van der Waals surface area contributed by atoms with Crippen LogP contribution in [0.25, 0.3) is 0 Å². The monoisotopic (exact) mass is 371 g/mol. The number of rotatable bonds is 5. The fraction of sp³-hybridized carbons (Fsp3) is 0.611. The maximum Gasteiger partial charge on any atom is 0.335 e. The molecule has 1 aromatic carbocycles. The van der Waals surface area contributed by atoms with Crippen LogP contribution in [-0.2, 0) is 9.53 Å². The molecule has 0 aromatic heterocycles. The summed E-state index contributed by atoms with van der Waals surface area (Å²) in [5.74, 6) is -11.9. The van der Waals surface area contributed by atoms with E-state index in [-0.39, 0.29) is 0 Å². The number of hydrogen-bond acceptors (Lipinski definition) is 6. The van der Waals surface area contributed by atoms with Crippen molar-refractivity contribution in [2.75, 3.05) is 0 Å². The van der Waals surface area contributed by atoms with Crippen molar-refractivity contribution >= 4 is 5.97 Å². The zero-order valence-electron chi connectivity index (χ0n) is 29.4. The van der Waals surface area contributed by atoms with Crippen LogP contribution < -0.4 is 4.74 Å². The van der Waals surface area contributed by atoms with Gasteiger partial charge in [0.05, 0.1) is 4.11 Å². The van der Waals surface area contributed by atoms with Gasteiger partial charge in [0.15, 0.2) is 6.10 Å². The first-order valence-corrected chi connectivity index (χ1v) is 6.74. The summed E-state index contributed by atoms with van der Waals surface area (Å²) in [4.78, 5) is 11.6. The van der Waals surface area contributed by atoms with Gasteiger partial charge in [-0.15, -0.1) is 0 Å². The Morgan fingerprint density at radius 3 is 2.20 bits per heavy atom. The summed E-state index contributed by atoms with van der Waals surface area (Å²) in [5.41, 5.74) is -3.49. The zero-order valence-corrected chi connectivity index (χ0v) is 12.4. The molecule has 7 nitrogen and oxygen atoms in total. The molecule has 2 rings (SSSR count). The number of carbonyl (C=O) groups is 1. The molecular formula is C18H26O7. The number of aliphatic hydroxyl groups excluding tert-OH is 3. The first-order chi connectivity index (χ1) is 18.5. The van der Waals surface area contributed by atoms with Gasteiger partial charge in [0, 0.05) is 19.2 Å². The van der Waals surface area contributed by atoms with Gasteiger partial charge in [0.25, 0.3) is 0 Å². The number of ether oxygens (including phenoxy) is 2. The topological polar surface area (TPSA) is 116 Å². The highest BCUT2D eigenvalue weighted by Crippen LogP contribution is 2.36. The van der Waals surface area contributed by atoms with Gasteiger partial charge < -0.3 is 29.9 Å². The summed E-state index contributed by atoms with van der Waals surface area (Å²) in [6.07, 6.45) is -12.4. The predicted molar refractivity (Wildman–Crippen MR) is 89.6 cm³/mol. The van der Waals surface area contributed by atoms with Crippen LogP contribution in [0, 0.1) is 0 Å². The van der Waals surface area contributed by atoms with Crippen molar-refractivity contribution in [3.8, 4) is 5.75 Å². The average molecular weight is 372 g/mol. The molecule has 0 saturated carbocycles. The Labute approximate surface area is 170 Å². The minimum atomic E-state index is -4.08. The van der Waals surface area contributed by atoms with Crippen LogP contribution in [0.5, 0.6) is 5.75 Å². The quantitative estimate of drug-likeness (QED) is 0.614. The highest BCUT2D eigenvalue weighted by atomic mass is 16.7. The smallest absolute Gasteiger partial charge is 0.335 e. The molecule has 1 fully saturated rings. The second-order valence-corrected chi connectivity index (χ2v) is 5.06. The van der Waals surface area contributed by atoms with Crippen molar-refractivity contribution < 1.29 is 58.0 Å². The lowest BCUT2D eigenvalue weighted by Crippen LogP contribution is -2.61. The average Bonchev–Trinajstić information content (AvgIpc) is 2.79. The van der Waals surface area contributed by atoms with Crippen LogP contribution in [0.2, 0.25) is 0 Å². The summed E-state index contributed by atoms with van der Waals surface area (Å²) < 4.78 is 146. The van der Waals surface area contributed by atoms with E-state index in [2.05, 4.69) is 0 Å². The maximum absolute atomic E-state index is 11.6. The van der Waals surface area contributed by atoms with Crippen LogP contribution in [0.15, 0.2) is 18.1 Å². The molecule has 1 heterocycles. The standard InChI is InChI=1S/C18H26O7/c1-8(2)10-6-5-7-11(9(3)4)15(10)24-18-14(21)12(19)13(20)16(25-18)17(22)23/h5-9,12-14,16,18-21H,1-4H3,(H,22,23)/t12-,13-,14+,16-,18+/m1/s1/i1D3,2D3,3D3,4D3,5D,6D,7D,8D,9D. The Kier molecular flexibility index (Phi) is 2.10. The summed E-state index contributed by atoms with van der Waals surface area (Å²) >= 11 is 0. The summed E-state index contributed by atoms with van der Waals surface area (Å²) in [7, 11) is 0. The number of hydrogen-bond donors (Lipinski definition) is 4. The molecule has 0 spiro atoms. The van der Waals surface area contributed by atoms with Crippen LogP contribution in [0.4, 0.5) is 0 Å². The van der Waals surface area contributed by atoms with Gasteiger partial charge in [0.1, 0.15) is 24.1 Å². The Balaban J connectivity index is 3.27. The van der Waals surface area contributed by atoms with E-state index in [1.54, 1.807) is 0 Å².